The number of nitrogens with one attached hydrogen (secondary N) is 1. The molecule has 0 spiro atoms. The number of urea groups is 1. The van der Waals surface area contributed by atoms with Gasteiger partial charge in [0.15, 0.2) is 0 Å². The van der Waals surface area contributed by atoms with Gasteiger partial charge in [0, 0.05) is 26.2 Å². The molecule has 21 heavy (non-hydrogen) atoms. The Kier molecular flexibility index (Phi) is 5.57. The zero-order valence-electron chi connectivity index (χ0n) is 13.2. The molecule has 120 valence electrons. The van der Waals surface area contributed by atoms with Crippen LogP contribution in [-0.4, -0.2) is 65.5 Å². The Balaban J connectivity index is 2.60. The van der Waals surface area contributed by atoms with Gasteiger partial charge in [-0.2, -0.15) is 0 Å². The standard InChI is InChI=1S/C14H25N3O4/c1-5-14(12(19)20)6-7-17(9-14)13(21)16(4)8-11(18)15-10(2)3/h10H,5-9H2,1-4H3,(H,15,18)(H,19,20). The Bertz CT molecular complexity index is 424. The number of carboxylic acid groups (broad SMARTS) is 1. The van der Waals surface area contributed by atoms with E-state index >= 15 is 0 Å². The third kappa shape index (κ3) is 4.09. The number of carbonyl (C=O) groups is 3. The molecule has 0 bridgehead atoms. The van der Waals surface area contributed by atoms with Crippen molar-refractivity contribution in [3.05, 3.63) is 0 Å². The maximum Gasteiger partial charge on any atom is 0.320 e. The number of hydrogen-bond donors (Lipinski definition) is 2. The first kappa shape index (κ1) is 17.3. The second-order valence-electron chi connectivity index (χ2n) is 5.97. The molecule has 1 aliphatic rings. The molecule has 0 saturated carbocycles. The van der Waals surface area contributed by atoms with Gasteiger partial charge in [0.05, 0.1) is 5.41 Å². The largest absolute Gasteiger partial charge is 0.481 e. The van der Waals surface area contributed by atoms with Gasteiger partial charge in [-0.25, -0.2) is 4.79 Å². The highest BCUT2D eigenvalue weighted by Crippen LogP contribution is 2.34. The lowest BCUT2D eigenvalue weighted by molar-refractivity contribution is -0.148. The Morgan fingerprint density at radius 1 is 1.38 bits per heavy atom. The minimum atomic E-state index is -0.861. The summed E-state index contributed by atoms with van der Waals surface area (Å²) in [6.45, 7) is 6.11. The number of carbonyl (C=O) groups excluding carboxylic acids is 2. The lowest BCUT2D eigenvalue weighted by Crippen LogP contribution is -2.46. The molecule has 1 rings (SSSR count). The lowest BCUT2D eigenvalue weighted by Gasteiger charge is -2.26. The van der Waals surface area contributed by atoms with Crippen molar-refractivity contribution >= 4 is 17.9 Å². The quantitative estimate of drug-likeness (QED) is 0.784. The number of hydrogen-bond acceptors (Lipinski definition) is 3. The van der Waals surface area contributed by atoms with E-state index in [1.54, 1.807) is 7.05 Å². The molecule has 0 radical (unpaired) electrons. The topological polar surface area (TPSA) is 90.0 Å². The van der Waals surface area contributed by atoms with Gasteiger partial charge < -0.3 is 20.2 Å². The zero-order chi connectivity index (χ0) is 16.2. The SMILES string of the molecule is CCC1(C(=O)O)CCN(C(=O)N(C)CC(=O)NC(C)C)C1. The molecule has 3 amide bonds. The molecular weight excluding hydrogens is 274 g/mol. The van der Waals surface area contributed by atoms with Crippen molar-refractivity contribution in [1.82, 2.24) is 15.1 Å². The van der Waals surface area contributed by atoms with E-state index in [-0.39, 0.29) is 31.1 Å². The predicted octanol–water partition coefficient (Wildman–Crippen LogP) is 0.750. The van der Waals surface area contributed by atoms with Crippen LogP contribution >= 0.6 is 0 Å². The molecule has 2 N–H and O–H groups in total. The van der Waals surface area contributed by atoms with E-state index in [9.17, 15) is 19.5 Å². The first-order valence-corrected chi connectivity index (χ1v) is 7.24. The zero-order valence-corrected chi connectivity index (χ0v) is 13.2. The van der Waals surface area contributed by atoms with E-state index in [1.807, 2.05) is 20.8 Å². The molecule has 1 fully saturated rings. The molecule has 1 aliphatic heterocycles. The Hall–Kier alpha value is -1.79. The molecule has 1 unspecified atom stereocenters. The minimum Gasteiger partial charge on any atom is -0.481 e. The smallest absolute Gasteiger partial charge is 0.320 e. The predicted molar refractivity (Wildman–Crippen MR) is 77.9 cm³/mol. The van der Waals surface area contributed by atoms with Crippen LogP contribution in [0.4, 0.5) is 4.79 Å². The molecule has 0 aromatic rings. The minimum absolute atomic E-state index is 0.0209. The average molecular weight is 299 g/mol. The number of nitrogens with zero attached hydrogens (tertiary/aromatic N) is 2. The van der Waals surface area contributed by atoms with Crippen molar-refractivity contribution < 1.29 is 19.5 Å². The second-order valence-corrected chi connectivity index (χ2v) is 5.97. The van der Waals surface area contributed by atoms with E-state index < -0.39 is 11.4 Å². The Labute approximate surface area is 125 Å². The van der Waals surface area contributed by atoms with Crippen LogP contribution in [0.3, 0.4) is 0 Å². The van der Waals surface area contributed by atoms with Gasteiger partial charge in [-0.05, 0) is 26.7 Å². The van der Waals surface area contributed by atoms with Gasteiger partial charge in [-0.1, -0.05) is 6.92 Å². The van der Waals surface area contributed by atoms with Crippen molar-refractivity contribution in [1.29, 1.82) is 0 Å². The van der Waals surface area contributed by atoms with Crippen LogP contribution in [0.2, 0.25) is 0 Å². The molecular formula is C14H25N3O4. The van der Waals surface area contributed by atoms with Gasteiger partial charge in [-0.3, -0.25) is 9.59 Å². The Morgan fingerprint density at radius 2 is 2.00 bits per heavy atom. The number of likely N-dealkylation sites (tertiary alicyclic amines) is 1. The van der Waals surface area contributed by atoms with E-state index in [0.717, 1.165) is 0 Å². The van der Waals surface area contributed by atoms with Crippen molar-refractivity contribution in [3.63, 3.8) is 0 Å². The monoisotopic (exact) mass is 299 g/mol. The summed E-state index contributed by atoms with van der Waals surface area (Å²) in [5.41, 5.74) is -0.851. The second kappa shape index (κ2) is 6.78. The summed E-state index contributed by atoms with van der Waals surface area (Å²) in [6, 6.07) is -0.280. The normalized spacial score (nSPS) is 21.5. The summed E-state index contributed by atoms with van der Waals surface area (Å²) in [5.74, 6) is -1.08. The fourth-order valence-electron chi connectivity index (χ4n) is 2.54. The van der Waals surface area contributed by atoms with Gasteiger partial charge in [0.25, 0.3) is 0 Å². The van der Waals surface area contributed by atoms with Gasteiger partial charge in [0.2, 0.25) is 5.91 Å². The first-order chi connectivity index (χ1) is 9.71. The van der Waals surface area contributed by atoms with Crippen LogP contribution in [0.25, 0.3) is 0 Å². The van der Waals surface area contributed by atoms with Crippen molar-refractivity contribution in [2.24, 2.45) is 5.41 Å². The fraction of sp³-hybridized carbons (Fsp3) is 0.786. The molecule has 0 aliphatic carbocycles. The molecule has 0 aromatic heterocycles. The highest BCUT2D eigenvalue weighted by Gasteiger charge is 2.45. The average Bonchev–Trinajstić information content (AvgIpc) is 2.82. The summed E-state index contributed by atoms with van der Waals surface area (Å²) in [7, 11) is 1.55. The third-order valence-corrected chi connectivity index (χ3v) is 3.91. The summed E-state index contributed by atoms with van der Waals surface area (Å²) >= 11 is 0. The summed E-state index contributed by atoms with van der Waals surface area (Å²) in [6.07, 6.45) is 0.945. The van der Waals surface area contributed by atoms with Crippen LogP contribution in [0.15, 0.2) is 0 Å². The Morgan fingerprint density at radius 3 is 2.43 bits per heavy atom. The molecule has 1 saturated heterocycles. The highest BCUT2D eigenvalue weighted by molar-refractivity contribution is 5.85. The van der Waals surface area contributed by atoms with Crippen LogP contribution in [0, 0.1) is 5.41 Å². The van der Waals surface area contributed by atoms with Crippen molar-refractivity contribution in [3.8, 4) is 0 Å². The van der Waals surface area contributed by atoms with E-state index in [4.69, 9.17) is 0 Å². The van der Waals surface area contributed by atoms with Gasteiger partial charge in [0.1, 0.15) is 6.54 Å². The lowest BCUT2D eigenvalue weighted by atomic mass is 9.84. The van der Waals surface area contributed by atoms with Crippen LogP contribution < -0.4 is 5.32 Å². The van der Waals surface area contributed by atoms with Gasteiger partial charge in [-0.15, -0.1) is 0 Å². The van der Waals surface area contributed by atoms with E-state index in [2.05, 4.69) is 5.32 Å². The van der Waals surface area contributed by atoms with Crippen molar-refractivity contribution in [2.75, 3.05) is 26.7 Å². The number of likely N-dealkylation sites (N-methyl/N-ethyl adjacent to an activating group) is 1. The molecule has 7 nitrogen and oxygen atoms in total. The molecule has 1 heterocycles. The first-order valence-electron chi connectivity index (χ1n) is 7.24. The van der Waals surface area contributed by atoms with Crippen LogP contribution in [0.1, 0.15) is 33.6 Å². The molecule has 0 aromatic carbocycles. The number of carboxylic acids is 1. The fourth-order valence-corrected chi connectivity index (χ4v) is 2.54. The van der Waals surface area contributed by atoms with Crippen LogP contribution in [0.5, 0.6) is 0 Å². The highest BCUT2D eigenvalue weighted by atomic mass is 16.4. The molecule has 1 atom stereocenters. The summed E-state index contributed by atoms with van der Waals surface area (Å²) in [4.78, 5) is 38.1. The summed E-state index contributed by atoms with van der Waals surface area (Å²) in [5, 5.41) is 12.1. The van der Waals surface area contributed by atoms with E-state index in [1.165, 1.54) is 9.80 Å². The number of amides is 3. The van der Waals surface area contributed by atoms with E-state index in [0.29, 0.717) is 19.4 Å². The number of aliphatic carboxylic acids is 1. The number of rotatable bonds is 5. The molecule has 7 heteroatoms. The van der Waals surface area contributed by atoms with Gasteiger partial charge >= 0.3 is 12.0 Å². The summed E-state index contributed by atoms with van der Waals surface area (Å²) < 4.78 is 0. The maximum atomic E-state index is 12.3. The van der Waals surface area contributed by atoms with Crippen LogP contribution in [-0.2, 0) is 9.59 Å². The van der Waals surface area contributed by atoms with Crippen molar-refractivity contribution in [2.45, 2.75) is 39.7 Å². The third-order valence-electron chi connectivity index (χ3n) is 3.91. The maximum absolute atomic E-state index is 12.3.